The van der Waals surface area contributed by atoms with Crippen LogP contribution in [0.2, 0.25) is 5.15 Å². The molecule has 1 N–H and O–H groups in total. The van der Waals surface area contributed by atoms with Crippen molar-refractivity contribution in [1.29, 1.82) is 5.26 Å². The van der Waals surface area contributed by atoms with Gasteiger partial charge < -0.3 is 5.32 Å². The smallest absolute Gasteiger partial charge is 0.255 e. The summed E-state index contributed by atoms with van der Waals surface area (Å²) < 4.78 is 16.1. The maximum Gasteiger partial charge on any atom is 0.255 e. The molecule has 0 saturated heterocycles. The third-order valence-corrected chi connectivity index (χ3v) is 4.39. The first kappa shape index (κ1) is 17.1. The molecular weight excluding hydrogens is 343 g/mol. The van der Waals surface area contributed by atoms with Crippen LogP contribution in [0.3, 0.4) is 0 Å². The van der Waals surface area contributed by atoms with E-state index in [1.165, 1.54) is 29.0 Å². The van der Waals surface area contributed by atoms with E-state index in [2.05, 4.69) is 34.2 Å². The van der Waals surface area contributed by atoms with E-state index in [-0.39, 0.29) is 22.3 Å². The van der Waals surface area contributed by atoms with Crippen molar-refractivity contribution in [3.63, 3.8) is 0 Å². The standard InChI is InChI=1S/C17H16ClFN6/c1-9(2)10(3)23-16-14(12-5-4-11(7-20)6-13(12)19)15(18)24-17-21-8-22-25(16)17/h4-6,8-10,23H,1-3H3/t10-/m0/s1. The number of nitriles is 1. The number of halogens is 2. The molecule has 1 atom stereocenters. The van der Waals surface area contributed by atoms with Crippen molar-refractivity contribution in [1.82, 2.24) is 19.6 Å². The van der Waals surface area contributed by atoms with Crippen LogP contribution in [0.25, 0.3) is 16.9 Å². The van der Waals surface area contributed by atoms with Gasteiger partial charge in [-0.2, -0.15) is 24.8 Å². The monoisotopic (exact) mass is 358 g/mol. The molecule has 0 saturated carbocycles. The Labute approximate surface area is 149 Å². The molecule has 3 rings (SSSR count). The minimum absolute atomic E-state index is 0.0751. The fourth-order valence-corrected chi connectivity index (χ4v) is 2.63. The van der Waals surface area contributed by atoms with Crippen molar-refractivity contribution >= 4 is 23.2 Å². The van der Waals surface area contributed by atoms with Gasteiger partial charge in [0.2, 0.25) is 0 Å². The molecule has 0 radical (unpaired) electrons. The van der Waals surface area contributed by atoms with Crippen molar-refractivity contribution < 1.29 is 4.39 Å². The second-order valence-electron chi connectivity index (χ2n) is 6.08. The summed E-state index contributed by atoms with van der Waals surface area (Å²) in [5.74, 6) is 0.602. The van der Waals surface area contributed by atoms with Gasteiger partial charge in [0, 0.05) is 11.6 Å². The number of nitrogens with zero attached hydrogens (tertiary/aromatic N) is 5. The molecule has 0 amide bonds. The van der Waals surface area contributed by atoms with Crippen LogP contribution in [-0.4, -0.2) is 25.6 Å². The van der Waals surface area contributed by atoms with Gasteiger partial charge in [0.25, 0.3) is 5.78 Å². The zero-order valence-corrected chi connectivity index (χ0v) is 14.7. The van der Waals surface area contributed by atoms with Gasteiger partial charge in [0.05, 0.1) is 17.2 Å². The summed E-state index contributed by atoms with van der Waals surface area (Å²) >= 11 is 6.34. The highest BCUT2D eigenvalue weighted by atomic mass is 35.5. The lowest BCUT2D eigenvalue weighted by Gasteiger charge is -2.22. The maximum atomic E-state index is 14.6. The minimum Gasteiger partial charge on any atom is -0.367 e. The van der Waals surface area contributed by atoms with Crippen molar-refractivity contribution in [2.45, 2.75) is 26.8 Å². The highest BCUT2D eigenvalue weighted by Crippen LogP contribution is 2.36. The maximum absolute atomic E-state index is 14.6. The molecule has 0 bridgehead atoms. The van der Waals surface area contributed by atoms with Crippen molar-refractivity contribution in [3.05, 3.63) is 41.1 Å². The Morgan fingerprint density at radius 1 is 1.32 bits per heavy atom. The summed E-state index contributed by atoms with van der Waals surface area (Å²) in [6.45, 7) is 6.16. The van der Waals surface area contributed by atoms with Gasteiger partial charge >= 0.3 is 0 Å². The normalized spacial score (nSPS) is 12.4. The summed E-state index contributed by atoms with van der Waals surface area (Å²) in [6, 6.07) is 6.22. The molecule has 2 aromatic heterocycles. The van der Waals surface area contributed by atoms with Crippen LogP contribution >= 0.6 is 11.6 Å². The number of aromatic nitrogens is 4. The van der Waals surface area contributed by atoms with Crippen molar-refractivity contribution in [2.24, 2.45) is 5.92 Å². The zero-order valence-electron chi connectivity index (χ0n) is 14.0. The van der Waals surface area contributed by atoms with Gasteiger partial charge in [0.15, 0.2) is 0 Å². The number of hydrogen-bond donors (Lipinski definition) is 1. The molecule has 0 spiro atoms. The molecule has 6 nitrogen and oxygen atoms in total. The van der Waals surface area contributed by atoms with Crippen LogP contribution in [0.4, 0.5) is 10.2 Å². The minimum atomic E-state index is -0.553. The Morgan fingerprint density at radius 2 is 2.08 bits per heavy atom. The number of hydrogen-bond acceptors (Lipinski definition) is 5. The van der Waals surface area contributed by atoms with Crippen molar-refractivity contribution in [2.75, 3.05) is 5.32 Å². The average molecular weight is 359 g/mol. The molecule has 25 heavy (non-hydrogen) atoms. The van der Waals surface area contributed by atoms with E-state index in [4.69, 9.17) is 16.9 Å². The average Bonchev–Trinajstić information content (AvgIpc) is 3.03. The molecule has 1 aromatic carbocycles. The van der Waals surface area contributed by atoms with E-state index in [9.17, 15) is 4.39 Å². The molecule has 2 heterocycles. The Morgan fingerprint density at radius 3 is 2.72 bits per heavy atom. The predicted molar refractivity (Wildman–Crippen MR) is 93.8 cm³/mol. The first-order valence-corrected chi connectivity index (χ1v) is 8.16. The molecule has 8 heteroatoms. The number of anilines is 1. The molecule has 3 aromatic rings. The van der Waals surface area contributed by atoms with Gasteiger partial charge in [0.1, 0.15) is 23.1 Å². The Bertz CT molecular complexity index is 975. The largest absolute Gasteiger partial charge is 0.367 e. The lowest BCUT2D eigenvalue weighted by Crippen LogP contribution is -2.24. The second kappa shape index (κ2) is 6.65. The number of benzene rings is 1. The number of fused-ring (bicyclic) bond motifs is 1. The van der Waals surface area contributed by atoms with Crippen LogP contribution in [0.15, 0.2) is 24.5 Å². The van der Waals surface area contributed by atoms with Gasteiger partial charge in [-0.25, -0.2) is 4.39 Å². The summed E-state index contributed by atoms with van der Waals surface area (Å²) in [5, 5.41) is 16.6. The van der Waals surface area contributed by atoms with Crippen LogP contribution in [0.1, 0.15) is 26.3 Å². The van der Waals surface area contributed by atoms with E-state index in [1.807, 2.05) is 13.0 Å². The number of nitrogens with one attached hydrogen (secondary N) is 1. The van der Waals surface area contributed by atoms with Gasteiger partial charge in [-0.15, -0.1) is 0 Å². The van der Waals surface area contributed by atoms with Crippen LogP contribution in [0, 0.1) is 23.1 Å². The molecule has 0 aliphatic heterocycles. The molecule has 0 aliphatic rings. The summed E-state index contributed by atoms with van der Waals surface area (Å²) in [4.78, 5) is 8.25. The van der Waals surface area contributed by atoms with E-state index < -0.39 is 5.82 Å². The molecule has 0 aliphatic carbocycles. The molecule has 0 fully saturated rings. The summed E-state index contributed by atoms with van der Waals surface area (Å²) in [5.41, 5.74) is 0.860. The molecule has 128 valence electrons. The van der Waals surface area contributed by atoms with E-state index in [0.29, 0.717) is 23.1 Å². The highest BCUT2D eigenvalue weighted by molar-refractivity contribution is 6.33. The van der Waals surface area contributed by atoms with Gasteiger partial charge in [-0.1, -0.05) is 25.4 Å². The van der Waals surface area contributed by atoms with Crippen LogP contribution in [0.5, 0.6) is 0 Å². The Hall–Kier alpha value is -2.72. The van der Waals surface area contributed by atoms with Gasteiger partial charge in [-0.05, 0) is 31.0 Å². The highest BCUT2D eigenvalue weighted by Gasteiger charge is 2.22. The lowest BCUT2D eigenvalue weighted by atomic mass is 10.0. The number of rotatable bonds is 4. The first-order valence-electron chi connectivity index (χ1n) is 7.78. The second-order valence-corrected chi connectivity index (χ2v) is 6.44. The zero-order chi connectivity index (χ0) is 18.1. The SMILES string of the molecule is CC(C)[C@H](C)Nc1c(-c2ccc(C#N)cc2F)c(Cl)nc2ncnn12. The first-order chi connectivity index (χ1) is 11.9. The van der Waals surface area contributed by atoms with E-state index >= 15 is 0 Å². The topological polar surface area (TPSA) is 78.9 Å². The fourth-order valence-electron chi connectivity index (χ4n) is 2.36. The third kappa shape index (κ3) is 3.13. The fraction of sp³-hybridized carbons (Fsp3) is 0.294. The van der Waals surface area contributed by atoms with Crippen molar-refractivity contribution in [3.8, 4) is 17.2 Å². The summed E-state index contributed by atoms with van der Waals surface area (Å²) in [7, 11) is 0. The Kier molecular flexibility index (Phi) is 4.55. The predicted octanol–water partition coefficient (Wildman–Crippen LogP) is 3.91. The Balaban J connectivity index is 2.26. The van der Waals surface area contributed by atoms with Crippen LogP contribution < -0.4 is 5.32 Å². The summed E-state index contributed by atoms with van der Waals surface area (Å²) in [6.07, 6.45) is 1.36. The van der Waals surface area contributed by atoms with Gasteiger partial charge in [-0.3, -0.25) is 0 Å². The van der Waals surface area contributed by atoms with E-state index in [0.717, 1.165) is 0 Å². The van der Waals surface area contributed by atoms with E-state index in [1.54, 1.807) is 0 Å². The lowest BCUT2D eigenvalue weighted by molar-refractivity contribution is 0.556. The molecular formula is C17H16ClFN6. The molecule has 0 unspecified atom stereocenters. The quantitative estimate of drug-likeness (QED) is 0.715. The van der Waals surface area contributed by atoms with Crippen LogP contribution in [-0.2, 0) is 0 Å². The third-order valence-electron chi connectivity index (χ3n) is 4.11.